The number of amides is 1. The van der Waals surface area contributed by atoms with Crippen LogP contribution in [0.4, 0.5) is 4.79 Å². The summed E-state index contributed by atoms with van der Waals surface area (Å²) in [5.41, 5.74) is 0.745. The zero-order valence-electron chi connectivity index (χ0n) is 18.3. The highest BCUT2D eigenvalue weighted by Gasteiger charge is 2.39. The number of likely N-dealkylation sites (tertiary alicyclic amines) is 1. The molecule has 1 aliphatic heterocycles. The lowest BCUT2D eigenvalue weighted by Crippen LogP contribution is -2.46. The SMILES string of the molecule is CC(C)(C)OC(=O)N1CCC(C#N)(c2cncc(Br)c2)CC1.N#CCc1cncc(Br)c1. The number of aromatic nitrogens is 2. The van der Waals surface area contributed by atoms with Crippen molar-refractivity contribution in [3.05, 3.63) is 57.0 Å². The molecule has 1 saturated heterocycles. The van der Waals surface area contributed by atoms with E-state index in [2.05, 4.69) is 54.0 Å². The summed E-state index contributed by atoms with van der Waals surface area (Å²) in [6, 6.07) is 8.29. The smallest absolute Gasteiger partial charge is 0.410 e. The summed E-state index contributed by atoms with van der Waals surface area (Å²) in [6.07, 6.45) is 8.09. The number of hydrogen-bond donors (Lipinski definition) is 0. The second-order valence-electron chi connectivity index (χ2n) is 8.40. The van der Waals surface area contributed by atoms with Crippen LogP contribution in [0, 0.1) is 22.7 Å². The van der Waals surface area contributed by atoms with Crippen LogP contribution < -0.4 is 0 Å². The Morgan fingerprint density at radius 1 is 1.09 bits per heavy atom. The minimum Gasteiger partial charge on any atom is -0.444 e. The fraction of sp³-hybridized carbons (Fsp3) is 0.435. The summed E-state index contributed by atoms with van der Waals surface area (Å²) in [7, 11) is 0. The first-order chi connectivity index (χ1) is 15.1. The second-order valence-corrected chi connectivity index (χ2v) is 10.2. The van der Waals surface area contributed by atoms with Crippen molar-refractivity contribution in [3.8, 4) is 12.1 Å². The van der Waals surface area contributed by atoms with Gasteiger partial charge in [0.25, 0.3) is 0 Å². The first kappa shape index (κ1) is 25.8. The molecule has 0 aromatic carbocycles. The fourth-order valence-electron chi connectivity index (χ4n) is 3.18. The Hall–Kier alpha value is -2.49. The minimum atomic E-state index is -0.588. The molecule has 3 heterocycles. The van der Waals surface area contributed by atoms with E-state index in [1.54, 1.807) is 29.7 Å². The second kappa shape index (κ2) is 11.4. The quantitative estimate of drug-likeness (QED) is 0.475. The molecule has 1 aliphatic rings. The van der Waals surface area contributed by atoms with E-state index < -0.39 is 11.0 Å². The predicted molar refractivity (Wildman–Crippen MR) is 128 cm³/mol. The van der Waals surface area contributed by atoms with Crippen LogP contribution in [0.1, 0.15) is 44.7 Å². The summed E-state index contributed by atoms with van der Waals surface area (Å²) >= 11 is 6.65. The molecule has 0 saturated carbocycles. The lowest BCUT2D eigenvalue weighted by atomic mass is 9.75. The lowest BCUT2D eigenvalue weighted by molar-refractivity contribution is 0.0185. The Balaban J connectivity index is 0.000000303. The third-order valence-corrected chi connectivity index (χ3v) is 5.65. The number of ether oxygens (including phenoxy) is 1. The van der Waals surface area contributed by atoms with Crippen LogP contribution >= 0.6 is 31.9 Å². The van der Waals surface area contributed by atoms with Crippen LogP contribution in [0.15, 0.2) is 45.9 Å². The van der Waals surface area contributed by atoms with Crippen molar-refractivity contribution in [1.82, 2.24) is 14.9 Å². The van der Waals surface area contributed by atoms with Crippen molar-refractivity contribution >= 4 is 38.0 Å². The molecule has 168 valence electrons. The standard InChI is InChI=1S/C16H20BrN3O2.C7H5BrN2/c1-15(2,3)22-14(21)20-6-4-16(11-18,5-7-20)12-8-13(17)10-19-9-12;8-7-3-6(1-2-9)4-10-5-7/h8-10H,4-7H2,1-3H3;3-5H,1H2. The zero-order valence-corrected chi connectivity index (χ0v) is 21.5. The van der Waals surface area contributed by atoms with Gasteiger partial charge in [0, 0.05) is 46.8 Å². The summed E-state index contributed by atoms with van der Waals surface area (Å²) in [5.74, 6) is 0. The Morgan fingerprint density at radius 2 is 1.69 bits per heavy atom. The van der Waals surface area contributed by atoms with E-state index in [0.29, 0.717) is 32.4 Å². The molecular weight excluding hydrogens is 538 g/mol. The van der Waals surface area contributed by atoms with E-state index in [1.807, 2.05) is 32.9 Å². The van der Waals surface area contributed by atoms with Gasteiger partial charge < -0.3 is 9.64 Å². The number of carbonyl (C=O) groups excluding carboxylic acids is 1. The number of rotatable bonds is 2. The minimum absolute atomic E-state index is 0.314. The number of carbonyl (C=O) groups is 1. The lowest BCUT2D eigenvalue weighted by Gasteiger charge is -2.37. The highest BCUT2D eigenvalue weighted by molar-refractivity contribution is 9.10. The Labute approximate surface area is 205 Å². The van der Waals surface area contributed by atoms with Crippen molar-refractivity contribution in [2.24, 2.45) is 0 Å². The van der Waals surface area contributed by atoms with Gasteiger partial charge >= 0.3 is 6.09 Å². The van der Waals surface area contributed by atoms with Gasteiger partial charge in [-0.25, -0.2) is 4.79 Å². The topological polar surface area (TPSA) is 103 Å². The number of nitrogens with zero attached hydrogens (tertiary/aromatic N) is 5. The van der Waals surface area contributed by atoms with Gasteiger partial charge in [0.1, 0.15) is 5.60 Å². The van der Waals surface area contributed by atoms with E-state index in [-0.39, 0.29) is 6.09 Å². The molecule has 7 nitrogen and oxygen atoms in total. The van der Waals surface area contributed by atoms with Gasteiger partial charge in [-0.3, -0.25) is 9.97 Å². The van der Waals surface area contributed by atoms with Gasteiger partial charge in [-0.05, 0) is 88.7 Å². The Bertz CT molecular complexity index is 1020. The van der Waals surface area contributed by atoms with E-state index in [4.69, 9.17) is 10.00 Å². The average Bonchev–Trinajstić information content (AvgIpc) is 2.73. The van der Waals surface area contributed by atoms with Crippen molar-refractivity contribution in [2.45, 2.75) is 51.0 Å². The molecule has 0 bridgehead atoms. The molecule has 0 aliphatic carbocycles. The first-order valence-electron chi connectivity index (χ1n) is 10.1. The zero-order chi connectivity index (χ0) is 23.8. The van der Waals surface area contributed by atoms with Gasteiger partial charge in [0.2, 0.25) is 0 Å². The third kappa shape index (κ3) is 7.58. The van der Waals surface area contributed by atoms with Crippen molar-refractivity contribution in [2.75, 3.05) is 13.1 Å². The van der Waals surface area contributed by atoms with E-state index in [9.17, 15) is 10.1 Å². The average molecular weight is 563 g/mol. The molecule has 0 spiro atoms. The number of piperidine rings is 1. The predicted octanol–water partition coefficient (Wildman–Crippen LogP) is 5.55. The molecule has 0 radical (unpaired) electrons. The summed E-state index contributed by atoms with van der Waals surface area (Å²) in [4.78, 5) is 21.8. The third-order valence-electron chi connectivity index (χ3n) is 4.78. The van der Waals surface area contributed by atoms with Crippen LogP contribution in [0.5, 0.6) is 0 Å². The van der Waals surface area contributed by atoms with E-state index >= 15 is 0 Å². The van der Waals surface area contributed by atoms with E-state index in [0.717, 1.165) is 20.1 Å². The molecule has 9 heteroatoms. The number of nitriles is 2. The summed E-state index contributed by atoms with van der Waals surface area (Å²) < 4.78 is 7.16. The van der Waals surface area contributed by atoms with E-state index in [1.165, 1.54) is 0 Å². The molecule has 0 N–H and O–H groups in total. The van der Waals surface area contributed by atoms with Gasteiger partial charge in [-0.1, -0.05) is 0 Å². The molecule has 0 unspecified atom stereocenters. The van der Waals surface area contributed by atoms with Gasteiger partial charge in [-0.15, -0.1) is 0 Å². The largest absolute Gasteiger partial charge is 0.444 e. The van der Waals surface area contributed by atoms with Crippen LogP contribution in [0.2, 0.25) is 0 Å². The van der Waals surface area contributed by atoms with Crippen molar-refractivity contribution in [1.29, 1.82) is 10.5 Å². The fourth-order valence-corrected chi connectivity index (χ4v) is 3.96. The van der Waals surface area contributed by atoms with Crippen LogP contribution in [-0.4, -0.2) is 39.7 Å². The summed E-state index contributed by atoms with van der Waals surface area (Å²) in [6.45, 7) is 6.56. The maximum absolute atomic E-state index is 12.1. The Morgan fingerprint density at radius 3 is 2.19 bits per heavy atom. The Kier molecular flexibility index (Phi) is 9.18. The maximum atomic E-state index is 12.1. The molecular formula is C23H25Br2N5O2. The van der Waals surface area contributed by atoms with Crippen molar-refractivity contribution in [3.63, 3.8) is 0 Å². The first-order valence-corrected chi connectivity index (χ1v) is 11.6. The number of pyridine rings is 2. The molecule has 2 aromatic rings. The molecule has 1 amide bonds. The van der Waals surface area contributed by atoms with Crippen LogP contribution in [0.3, 0.4) is 0 Å². The molecule has 32 heavy (non-hydrogen) atoms. The van der Waals surface area contributed by atoms with Crippen LogP contribution in [-0.2, 0) is 16.6 Å². The highest BCUT2D eigenvalue weighted by atomic mass is 79.9. The normalized spacial score (nSPS) is 14.9. The van der Waals surface area contributed by atoms with Gasteiger partial charge in [0.05, 0.1) is 24.0 Å². The molecule has 0 atom stereocenters. The van der Waals surface area contributed by atoms with Gasteiger partial charge in [0.15, 0.2) is 0 Å². The number of hydrogen-bond acceptors (Lipinski definition) is 6. The molecule has 1 fully saturated rings. The highest BCUT2D eigenvalue weighted by Crippen LogP contribution is 2.36. The monoisotopic (exact) mass is 561 g/mol. The van der Waals surface area contributed by atoms with Crippen LogP contribution in [0.25, 0.3) is 0 Å². The summed E-state index contributed by atoms with van der Waals surface area (Å²) in [5, 5.41) is 18.0. The maximum Gasteiger partial charge on any atom is 0.410 e. The van der Waals surface area contributed by atoms with Crippen molar-refractivity contribution < 1.29 is 9.53 Å². The molecule has 3 rings (SSSR count). The van der Waals surface area contributed by atoms with Gasteiger partial charge in [-0.2, -0.15) is 10.5 Å². The molecule has 2 aromatic heterocycles. The number of halogens is 2.